The van der Waals surface area contributed by atoms with Crippen molar-refractivity contribution in [3.8, 4) is 17.1 Å². The lowest BCUT2D eigenvalue weighted by Gasteiger charge is -2.04. The summed E-state index contributed by atoms with van der Waals surface area (Å²) in [7, 11) is 0. The minimum atomic E-state index is -0.876. The van der Waals surface area contributed by atoms with Gasteiger partial charge in [0.15, 0.2) is 23.9 Å². The molecule has 0 unspecified atom stereocenters. The van der Waals surface area contributed by atoms with Gasteiger partial charge < -0.3 is 25.6 Å². The Kier molecular flexibility index (Phi) is 6.55. The van der Waals surface area contributed by atoms with E-state index in [9.17, 15) is 9.59 Å². The van der Waals surface area contributed by atoms with Crippen molar-refractivity contribution in [2.24, 2.45) is 16.6 Å². The van der Waals surface area contributed by atoms with Crippen molar-refractivity contribution in [1.82, 2.24) is 5.16 Å². The van der Waals surface area contributed by atoms with Gasteiger partial charge in [-0.2, -0.15) is 0 Å². The van der Waals surface area contributed by atoms with E-state index < -0.39 is 11.9 Å². The normalized spacial score (nSPS) is 11.2. The number of aromatic nitrogens is 1. The summed E-state index contributed by atoms with van der Waals surface area (Å²) in [6, 6.07) is 12.4. The summed E-state index contributed by atoms with van der Waals surface area (Å²) >= 11 is 12.0. The molecule has 1 heterocycles. The molecule has 0 bridgehead atoms. The van der Waals surface area contributed by atoms with Crippen LogP contribution >= 0.6 is 23.2 Å². The first-order valence-electron chi connectivity index (χ1n) is 8.32. The molecular weight excluding hydrogens is 435 g/mol. The minimum Gasteiger partial charge on any atom is -0.484 e. The molecule has 30 heavy (non-hydrogen) atoms. The zero-order chi connectivity index (χ0) is 21.7. The highest BCUT2D eigenvalue weighted by Gasteiger charge is 2.17. The van der Waals surface area contributed by atoms with Crippen LogP contribution in [0, 0.1) is 0 Å². The minimum absolute atomic E-state index is 0.0609. The van der Waals surface area contributed by atoms with E-state index in [2.05, 4.69) is 10.3 Å². The number of nitrogens with two attached hydrogens (primary N) is 2. The molecule has 0 aliphatic rings. The largest absolute Gasteiger partial charge is 0.484 e. The average Bonchev–Trinajstić information content (AvgIpc) is 3.20. The third-order valence-electron chi connectivity index (χ3n) is 3.67. The van der Waals surface area contributed by atoms with Crippen LogP contribution < -0.4 is 16.2 Å². The second kappa shape index (κ2) is 9.29. The fourth-order valence-electron chi connectivity index (χ4n) is 2.25. The quantitative estimate of drug-likeness (QED) is 0.244. The number of ether oxygens (including phenoxy) is 1. The molecule has 3 aromatic rings. The number of rotatable bonds is 7. The summed E-state index contributed by atoms with van der Waals surface area (Å²) in [5.74, 6) is -0.861. The maximum atomic E-state index is 12.1. The molecule has 1 aromatic heterocycles. The first-order valence-corrected chi connectivity index (χ1v) is 9.07. The number of benzene rings is 2. The number of amides is 1. The molecule has 0 radical (unpaired) electrons. The SMILES string of the molecule is NC(=O)COc1ccc(/C(N)=N/OC(=O)c2cc(-c3ccc(Cl)cc3Cl)on2)cc1. The van der Waals surface area contributed by atoms with E-state index in [0.717, 1.165) is 0 Å². The van der Waals surface area contributed by atoms with Gasteiger partial charge in [-0.25, -0.2) is 4.79 Å². The van der Waals surface area contributed by atoms with Crippen LogP contribution in [0.2, 0.25) is 10.0 Å². The standard InChI is InChI=1S/C19H14Cl2N4O5/c20-11-3-6-13(14(21)7-11)16-8-15(24-29-16)19(27)30-25-18(23)10-1-4-12(5-2-10)28-9-17(22)26/h1-8H,9H2,(H2,22,26)(H2,23,25). The zero-order valence-electron chi connectivity index (χ0n) is 15.2. The monoisotopic (exact) mass is 448 g/mol. The first-order chi connectivity index (χ1) is 14.3. The van der Waals surface area contributed by atoms with Crippen LogP contribution in [-0.2, 0) is 9.63 Å². The smallest absolute Gasteiger partial charge is 0.387 e. The van der Waals surface area contributed by atoms with E-state index >= 15 is 0 Å². The second-order valence-electron chi connectivity index (χ2n) is 5.84. The van der Waals surface area contributed by atoms with E-state index in [4.69, 9.17) is 48.8 Å². The maximum Gasteiger partial charge on any atom is 0.387 e. The Morgan fingerprint density at radius 2 is 1.80 bits per heavy atom. The van der Waals surface area contributed by atoms with E-state index in [1.165, 1.54) is 12.1 Å². The number of carbonyl (C=O) groups is 2. The summed E-state index contributed by atoms with van der Waals surface area (Å²) in [4.78, 5) is 27.7. The lowest BCUT2D eigenvalue weighted by molar-refractivity contribution is -0.119. The van der Waals surface area contributed by atoms with Gasteiger partial charge in [-0.05, 0) is 42.5 Å². The lowest BCUT2D eigenvalue weighted by atomic mass is 10.1. The maximum absolute atomic E-state index is 12.1. The summed E-state index contributed by atoms with van der Waals surface area (Å²) < 4.78 is 10.3. The molecule has 0 aliphatic heterocycles. The number of nitrogens with zero attached hydrogens (tertiary/aromatic N) is 2. The van der Waals surface area contributed by atoms with Crippen molar-refractivity contribution in [3.63, 3.8) is 0 Å². The van der Waals surface area contributed by atoms with Gasteiger partial charge >= 0.3 is 5.97 Å². The van der Waals surface area contributed by atoms with Gasteiger partial charge in [-0.1, -0.05) is 33.5 Å². The number of amidine groups is 1. The van der Waals surface area contributed by atoms with E-state index in [1.54, 1.807) is 36.4 Å². The van der Waals surface area contributed by atoms with Gasteiger partial charge in [0.25, 0.3) is 5.91 Å². The Morgan fingerprint density at radius 1 is 1.07 bits per heavy atom. The zero-order valence-corrected chi connectivity index (χ0v) is 16.7. The highest BCUT2D eigenvalue weighted by Crippen LogP contribution is 2.30. The van der Waals surface area contributed by atoms with Crippen LogP contribution in [0.5, 0.6) is 5.75 Å². The molecule has 154 valence electrons. The van der Waals surface area contributed by atoms with Gasteiger partial charge in [-0.15, -0.1) is 0 Å². The van der Waals surface area contributed by atoms with Crippen molar-refractivity contribution in [1.29, 1.82) is 0 Å². The summed E-state index contributed by atoms with van der Waals surface area (Å²) in [6.45, 7) is -0.249. The topological polar surface area (TPSA) is 143 Å². The number of halogens is 2. The molecule has 0 spiro atoms. The molecule has 9 nitrogen and oxygen atoms in total. The predicted molar refractivity (Wildman–Crippen MR) is 109 cm³/mol. The van der Waals surface area contributed by atoms with Gasteiger partial charge in [-0.3, -0.25) is 4.79 Å². The van der Waals surface area contributed by atoms with Gasteiger partial charge in [0, 0.05) is 22.2 Å². The van der Waals surface area contributed by atoms with E-state index in [-0.39, 0.29) is 23.9 Å². The van der Waals surface area contributed by atoms with Gasteiger partial charge in [0.05, 0.1) is 5.02 Å². The van der Waals surface area contributed by atoms with Gasteiger partial charge in [0.2, 0.25) is 0 Å². The van der Waals surface area contributed by atoms with E-state index in [0.29, 0.717) is 26.9 Å². The second-order valence-corrected chi connectivity index (χ2v) is 6.68. The number of hydrogen-bond donors (Lipinski definition) is 2. The molecule has 0 atom stereocenters. The highest BCUT2D eigenvalue weighted by molar-refractivity contribution is 6.36. The summed E-state index contributed by atoms with van der Waals surface area (Å²) in [5.41, 5.74) is 11.7. The molecule has 1 amide bonds. The molecule has 3 rings (SSSR count). The Morgan fingerprint density at radius 3 is 2.47 bits per heavy atom. The number of oxime groups is 1. The molecule has 11 heteroatoms. The van der Waals surface area contributed by atoms with Crippen LogP contribution in [0.15, 0.2) is 58.2 Å². The molecule has 0 aliphatic carbocycles. The Balaban J connectivity index is 1.65. The molecule has 0 saturated carbocycles. The molecule has 0 saturated heterocycles. The number of hydrogen-bond acceptors (Lipinski definition) is 7. The van der Waals surface area contributed by atoms with Crippen LogP contribution in [0.25, 0.3) is 11.3 Å². The van der Waals surface area contributed by atoms with E-state index in [1.807, 2.05) is 0 Å². The molecule has 4 N–H and O–H groups in total. The van der Waals surface area contributed by atoms with Crippen molar-refractivity contribution in [2.75, 3.05) is 6.61 Å². The first kappa shape index (κ1) is 21.2. The fraction of sp³-hybridized carbons (Fsp3) is 0.0526. The summed E-state index contributed by atoms with van der Waals surface area (Å²) in [6.07, 6.45) is 0. The number of carbonyl (C=O) groups excluding carboxylic acids is 2. The fourth-order valence-corrected chi connectivity index (χ4v) is 2.76. The molecular formula is C19H14Cl2N4O5. The van der Waals surface area contributed by atoms with Crippen molar-refractivity contribution >= 4 is 40.9 Å². The predicted octanol–water partition coefficient (Wildman–Crippen LogP) is 2.99. The Bertz CT molecular complexity index is 1110. The third-order valence-corrected chi connectivity index (χ3v) is 4.22. The third kappa shape index (κ3) is 5.28. The summed E-state index contributed by atoms with van der Waals surface area (Å²) in [5, 5.41) is 8.03. The number of primary amides is 1. The van der Waals surface area contributed by atoms with Crippen LogP contribution in [0.3, 0.4) is 0 Å². The Labute approximate surface area is 180 Å². The van der Waals surface area contributed by atoms with Crippen molar-refractivity contribution in [3.05, 3.63) is 69.8 Å². The van der Waals surface area contributed by atoms with Crippen molar-refractivity contribution in [2.45, 2.75) is 0 Å². The highest BCUT2D eigenvalue weighted by atomic mass is 35.5. The molecule has 0 fully saturated rings. The Hall–Kier alpha value is -3.56. The van der Waals surface area contributed by atoms with Crippen LogP contribution in [0.1, 0.15) is 16.1 Å². The van der Waals surface area contributed by atoms with Crippen LogP contribution in [0.4, 0.5) is 0 Å². The average molecular weight is 449 g/mol. The van der Waals surface area contributed by atoms with Crippen molar-refractivity contribution < 1.29 is 23.7 Å². The van der Waals surface area contributed by atoms with Crippen LogP contribution in [-0.4, -0.2) is 29.5 Å². The molecule has 2 aromatic carbocycles. The lowest BCUT2D eigenvalue weighted by Crippen LogP contribution is -2.20. The van der Waals surface area contributed by atoms with Gasteiger partial charge in [0.1, 0.15) is 5.75 Å².